The molecule has 0 saturated carbocycles. The molecule has 0 bridgehead atoms. The summed E-state index contributed by atoms with van der Waals surface area (Å²) in [6.07, 6.45) is 2.80. The lowest BCUT2D eigenvalue weighted by atomic mass is 10.1. The highest BCUT2D eigenvalue weighted by Gasteiger charge is 2.12. The van der Waals surface area contributed by atoms with Gasteiger partial charge in [-0.3, -0.25) is 4.79 Å². The van der Waals surface area contributed by atoms with Crippen molar-refractivity contribution in [2.75, 3.05) is 13.7 Å². The molecule has 0 amide bonds. The maximum Gasteiger partial charge on any atom is 0.291 e. The zero-order valence-corrected chi connectivity index (χ0v) is 18.9. The van der Waals surface area contributed by atoms with Crippen LogP contribution in [0.3, 0.4) is 0 Å². The predicted molar refractivity (Wildman–Crippen MR) is 124 cm³/mol. The standard InChI is InChI=1S/C24H25N3O3S/c1-15(2)11-12-30-19-10-7-17(13-20(19)29-4)14-21-23(28)27-24(31-21)25-22(26-27)18-8-5-16(3)6-9-18/h5-10,13-15H,11-12H2,1-4H3. The minimum Gasteiger partial charge on any atom is -0.493 e. The summed E-state index contributed by atoms with van der Waals surface area (Å²) in [5, 5.41) is 4.41. The molecule has 2 aromatic carbocycles. The number of nitrogens with zero attached hydrogens (tertiary/aromatic N) is 3. The van der Waals surface area contributed by atoms with Crippen LogP contribution in [0, 0.1) is 12.8 Å². The lowest BCUT2D eigenvalue weighted by molar-refractivity contribution is 0.273. The summed E-state index contributed by atoms with van der Waals surface area (Å²) in [6, 6.07) is 13.6. The van der Waals surface area contributed by atoms with Gasteiger partial charge in [-0.15, -0.1) is 5.10 Å². The maximum atomic E-state index is 12.8. The third kappa shape index (κ3) is 4.61. The second kappa shape index (κ2) is 8.89. The Labute approximate surface area is 184 Å². The normalized spacial score (nSPS) is 12.1. The molecule has 0 aliphatic carbocycles. The molecule has 0 radical (unpaired) electrons. The highest BCUT2D eigenvalue weighted by atomic mass is 32.1. The molecule has 6 nitrogen and oxygen atoms in total. The summed E-state index contributed by atoms with van der Waals surface area (Å²) in [4.78, 5) is 18.0. The van der Waals surface area contributed by atoms with Gasteiger partial charge in [-0.05, 0) is 43.0 Å². The summed E-state index contributed by atoms with van der Waals surface area (Å²) < 4.78 is 13.3. The largest absolute Gasteiger partial charge is 0.493 e. The van der Waals surface area contributed by atoms with Crippen molar-refractivity contribution in [3.63, 3.8) is 0 Å². The molecule has 0 saturated heterocycles. The van der Waals surface area contributed by atoms with Gasteiger partial charge in [-0.2, -0.15) is 9.50 Å². The second-order valence-electron chi connectivity index (χ2n) is 7.85. The minimum absolute atomic E-state index is 0.179. The first kappa shape index (κ1) is 21.1. The summed E-state index contributed by atoms with van der Waals surface area (Å²) >= 11 is 1.32. The van der Waals surface area contributed by atoms with Crippen LogP contribution in [-0.2, 0) is 0 Å². The molecule has 160 valence electrons. The van der Waals surface area contributed by atoms with Crippen molar-refractivity contribution in [3.8, 4) is 22.9 Å². The van der Waals surface area contributed by atoms with Gasteiger partial charge in [0.05, 0.1) is 18.2 Å². The Morgan fingerprint density at radius 1 is 1.13 bits per heavy atom. The van der Waals surface area contributed by atoms with Crippen LogP contribution in [0.1, 0.15) is 31.4 Å². The molecule has 0 fully saturated rings. The van der Waals surface area contributed by atoms with Crippen molar-refractivity contribution in [1.29, 1.82) is 0 Å². The van der Waals surface area contributed by atoms with Gasteiger partial charge in [0.1, 0.15) is 0 Å². The Bertz CT molecular complexity index is 1310. The molecular weight excluding hydrogens is 410 g/mol. The molecule has 0 unspecified atom stereocenters. The fourth-order valence-electron chi connectivity index (χ4n) is 3.11. The number of ether oxygens (including phenoxy) is 2. The number of thiazole rings is 1. The lowest BCUT2D eigenvalue weighted by Crippen LogP contribution is -2.23. The van der Waals surface area contributed by atoms with Crippen molar-refractivity contribution in [1.82, 2.24) is 14.6 Å². The maximum absolute atomic E-state index is 12.8. The summed E-state index contributed by atoms with van der Waals surface area (Å²) in [5.41, 5.74) is 2.73. The number of aryl methyl sites for hydroxylation is 1. The Morgan fingerprint density at radius 2 is 1.90 bits per heavy atom. The summed E-state index contributed by atoms with van der Waals surface area (Å²) in [6.45, 7) is 6.99. The van der Waals surface area contributed by atoms with Gasteiger partial charge in [-0.25, -0.2) is 0 Å². The van der Waals surface area contributed by atoms with Gasteiger partial charge in [0, 0.05) is 5.56 Å². The second-order valence-corrected chi connectivity index (χ2v) is 8.86. The van der Waals surface area contributed by atoms with E-state index < -0.39 is 0 Å². The monoisotopic (exact) mass is 435 g/mol. The van der Waals surface area contributed by atoms with E-state index in [2.05, 4.69) is 23.9 Å². The average Bonchev–Trinajstić information content (AvgIpc) is 3.28. The van der Waals surface area contributed by atoms with Gasteiger partial charge in [0.25, 0.3) is 5.56 Å². The van der Waals surface area contributed by atoms with E-state index in [0.717, 1.165) is 23.1 Å². The summed E-state index contributed by atoms with van der Waals surface area (Å²) in [7, 11) is 1.61. The number of benzene rings is 2. The first-order valence-electron chi connectivity index (χ1n) is 10.2. The number of fused-ring (bicyclic) bond motifs is 1. The zero-order chi connectivity index (χ0) is 22.0. The highest BCUT2D eigenvalue weighted by Crippen LogP contribution is 2.28. The number of methoxy groups -OCH3 is 1. The van der Waals surface area contributed by atoms with Crippen LogP contribution in [0.2, 0.25) is 0 Å². The van der Waals surface area contributed by atoms with Gasteiger partial charge >= 0.3 is 0 Å². The van der Waals surface area contributed by atoms with E-state index in [4.69, 9.17) is 9.47 Å². The minimum atomic E-state index is -0.179. The van der Waals surface area contributed by atoms with Crippen molar-refractivity contribution < 1.29 is 9.47 Å². The number of aromatic nitrogens is 3. The molecule has 0 aliphatic rings. The van der Waals surface area contributed by atoms with Crippen LogP contribution >= 0.6 is 11.3 Å². The van der Waals surface area contributed by atoms with Crippen LogP contribution in [0.15, 0.2) is 47.3 Å². The van der Waals surface area contributed by atoms with Crippen LogP contribution in [0.4, 0.5) is 0 Å². The zero-order valence-electron chi connectivity index (χ0n) is 18.1. The molecule has 4 rings (SSSR count). The molecular formula is C24H25N3O3S. The number of hydrogen-bond donors (Lipinski definition) is 0. The fourth-order valence-corrected chi connectivity index (χ4v) is 4.02. The number of hydrogen-bond acceptors (Lipinski definition) is 6. The van der Waals surface area contributed by atoms with Crippen LogP contribution in [-0.4, -0.2) is 28.3 Å². The van der Waals surface area contributed by atoms with Gasteiger partial charge < -0.3 is 9.47 Å². The smallest absolute Gasteiger partial charge is 0.291 e. The average molecular weight is 436 g/mol. The quantitative estimate of drug-likeness (QED) is 0.437. The Kier molecular flexibility index (Phi) is 6.04. The third-order valence-corrected chi connectivity index (χ3v) is 5.89. The molecule has 2 heterocycles. The van der Waals surface area contributed by atoms with Gasteiger partial charge in [0.2, 0.25) is 4.96 Å². The van der Waals surface area contributed by atoms with Crippen molar-refractivity contribution in [3.05, 3.63) is 68.5 Å². The summed E-state index contributed by atoms with van der Waals surface area (Å²) in [5.74, 6) is 2.48. The van der Waals surface area contributed by atoms with Gasteiger partial charge in [0.15, 0.2) is 17.3 Å². The van der Waals surface area contributed by atoms with Gasteiger partial charge in [-0.1, -0.05) is 61.1 Å². The molecule has 7 heteroatoms. The van der Waals surface area contributed by atoms with Crippen molar-refractivity contribution in [2.24, 2.45) is 5.92 Å². The Balaban J connectivity index is 1.63. The molecule has 2 aromatic heterocycles. The van der Waals surface area contributed by atoms with Crippen LogP contribution in [0.5, 0.6) is 11.5 Å². The van der Waals surface area contributed by atoms with E-state index in [1.165, 1.54) is 15.9 Å². The van der Waals surface area contributed by atoms with E-state index in [1.54, 1.807) is 7.11 Å². The van der Waals surface area contributed by atoms with Crippen LogP contribution < -0.4 is 19.6 Å². The van der Waals surface area contributed by atoms with E-state index in [-0.39, 0.29) is 5.56 Å². The predicted octanol–water partition coefficient (Wildman–Crippen LogP) is 4.11. The first-order chi connectivity index (χ1) is 14.9. The van der Waals surface area contributed by atoms with E-state index >= 15 is 0 Å². The fraction of sp³-hybridized carbons (Fsp3) is 0.292. The van der Waals surface area contributed by atoms with E-state index in [9.17, 15) is 4.79 Å². The van der Waals surface area contributed by atoms with Crippen molar-refractivity contribution in [2.45, 2.75) is 27.2 Å². The lowest BCUT2D eigenvalue weighted by Gasteiger charge is -2.12. The molecule has 31 heavy (non-hydrogen) atoms. The molecule has 4 aromatic rings. The van der Waals surface area contributed by atoms with E-state index in [1.807, 2.05) is 55.5 Å². The molecule has 0 spiro atoms. The Hall–Kier alpha value is -3.19. The molecule has 0 atom stereocenters. The number of rotatable bonds is 7. The Morgan fingerprint density at radius 3 is 2.58 bits per heavy atom. The first-order valence-corrected chi connectivity index (χ1v) is 11.1. The van der Waals surface area contributed by atoms with E-state index in [0.29, 0.717) is 39.3 Å². The third-order valence-electron chi connectivity index (χ3n) is 4.93. The molecule has 0 N–H and O–H groups in total. The molecule has 0 aliphatic heterocycles. The SMILES string of the molecule is COc1cc(C=c2sc3nc(-c4ccc(C)cc4)nn3c2=O)ccc1OCCC(C)C. The highest BCUT2D eigenvalue weighted by molar-refractivity contribution is 7.15. The van der Waals surface area contributed by atoms with Crippen molar-refractivity contribution >= 4 is 22.4 Å². The topological polar surface area (TPSA) is 65.7 Å². The van der Waals surface area contributed by atoms with Crippen LogP contribution in [0.25, 0.3) is 22.4 Å².